The molecular weight excluding hydrogens is 178 g/mol. The van der Waals surface area contributed by atoms with Crippen molar-refractivity contribution in [2.45, 2.75) is 6.43 Å². The second-order valence-electron chi connectivity index (χ2n) is 3.72. The van der Waals surface area contributed by atoms with E-state index in [4.69, 9.17) is 0 Å². The van der Waals surface area contributed by atoms with Crippen molar-refractivity contribution in [2.75, 3.05) is 26.2 Å². The summed E-state index contributed by atoms with van der Waals surface area (Å²) in [6.45, 7) is 2.72. The summed E-state index contributed by atoms with van der Waals surface area (Å²) < 4.78 is 24.1. The third-order valence-electron chi connectivity index (χ3n) is 2.89. The van der Waals surface area contributed by atoms with E-state index in [0.717, 1.165) is 13.1 Å². The number of rotatable bonds is 1. The lowest BCUT2D eigenvalue weighted by molar-refractivity contribution is -0.142. The number of carbonyl (C=O) groups excluding carboxylic acids is 1. The first-order valence-corrected chi connectivity index (χ1v) is 4.46. The minimum absolute atomic E-state index is 0.391. The zero-order valence-corrected chi connectivity index (χ0v) is 7.17. The van der Waals surface area contributed by atoms with Crippen LogP contribution in [0.4, 0.5) is 8.78 Å². The standard InChI is InChI=1S/C8H12F2N2O/c9-7(10)8(13)12-3-5-1-11-2-6(5)4-12/h5-7,11H,1-4H2/t5-,6+. The Labute approximate surface area is 75.1 Å². The highest BCUT2D eigenvalue weighted by molar-refractivity contribution is 5.79. The van der Waals surface area contributed by atoms with Crippen LogP contribution in [0.2, 0.25) is 0 Å². The molecule has 3 nitrogen and oxygen atoms in total. The van der Waals surface area contributed by atoms with Crippen molar-refractivity contribution in [3.63, 3.8) is 0 Å². The fourth-order valence-electron chi connectivity index (χ4n) is 2.17. The quantitative estimate of drug-likeness (QED) is 0.627. The van der Waals surface area contributed by atoms with Crippen LogP contribution in [0.25, 0.3) is 0 Å². The lowest BCUT2D eigenvalue weighted by Crippen LogP contribution is -2.35. The molecule has 0 spiro atoms. The molecule has 0 aromatic rings. The number of hydrogen-bond acceptors (Lipinski definition) is 2. The maximum atomic E-state index is 12.0. The van der Waals surface area contributed by atoms with Gasteiger partial charge in [0.1, 0.15) is 0 Å². The number of halogens is 2. The first kappa shape index (κ1) is 8.87. The van der Waals surface area contributed by atoms with E-state index in [9.17, 15) is 13.6 Å². The Morgan fingerprint density at radius 2 is 1.85 bits per heavy atom. The molecule has 0 radical (unpaired) electrons. The van der Waals surface area contributed by atoms with E-state index in [-0.39, 0.29) is 0 Å². The van der Waals surface area contributed by atoms with E-state index < -0.39 is 12.3 Å². The van der Waals surface area contributed by atoms with Gasteiger partial charge in [-0.3, -0.25) is 4.79 Å². The second-order valence-corrected chi connectivity index (χ2v) is 3.72. The highest BCUT2D eigenvalue weighted by atomic mass is 19.3. The van der Waals surface area contributed by atoms with Crippen LogP contribution < -0.4 is 5.32 Å². The number of nitrogens with one attached hydrogen (secondary N) is 1. The monoisotopic (exact) mass is 190 g/mol. The van der Waals surface area contributed by atoms with Crippen LogP contribution in [0.3, 0.4) is 0 Å². The first-order chi connectivity index (χ1) is 6.18. The Morgan fingerprint density at radius 3 is 2.31 bits per heavy atom. The summed E-state index contributed by atoms with van der Waals surface area (Å²) in [4.78, 5) is 12.2. The van der Waals surface area contributed by atoms with Crippen LogP contribution in [-0.2, 0) is 4.79 Å². The van der Waals surface area contributed by atoms with Crippen molar-refractivity contribution in [1.82, 2.24) is 10.2 Å². The van der Waals surface area contributed by atoms with Crippen molar-refractivity contribution in [3.8, 4) is 0 Å². The molecule has 0 aliphatic carbocycles. The largest absolute Gasteiger partial charge is 0.337 e. The van der Waals surface area contributed by atoms with E-state index >= 15 is 0 Å². The predicted molar refractivity (Wildman–Crippen MR) is 42.4 cm³/mol. The molecule has 2 aliphatic heterocycles. The van der Waals surface area contributed by atoms with Gasteiger partial charge >= 0.3 is 6.43 Å². The molecule has 0 aromatic heterocycles. The summed E-state index contributed by atoms with van der Waals surface area (Å²) in [5, 5.41) is 3.19. The van der Waals surface area contributed by atoms with E-state index in [1.54, 1.807) is 0 Å². The molecular formula is C8H12F2N2O. The zero-order valence-electron chi connectivity index (χ0n) is 7.17. The van der Waals surface area contributed by atoms with Crippen LogP contribution in [0.15, 0.2) is 0 Å². The SMILES string of the molecule is O=C(C(F)F)N1C[C@H]2CNC[C@H]2C1. The zero-order chi connectivity index (χ0) is 9.42. The van der Waals surface area contributed by atoms with E-state index in [0.29, 0.717) is 24.9 Å². The van der Waals surface area contributed by atoms with Gasteiger partial charge in [0, 0.05) is 26.2 Å². The van der Waals surface area contributed by atoms with Gasteiger partial charge in [-0.05, 0) is 11.8 Å². The molecule has 2 rings (SSSR count). The molecule has 1 N–H and O–H groups in total. The molecule has 1 amide bonds. The lowest BCUT2D eigenvalue weighted by Gasteiger charge is -2.16. The smallest absolute Gasteiger partial charge is 0.315 e. The second kappa shape index (κ2) is 3.21. The summed E-state index contributed by atoms with van der Waals surface area (Å²) >= 11 is 0. The summed E-state index contributed by atoms with van der Waals surface area (Å²) in [5.74, 6) is -0.222. The van der Waals surface area contributed by atoms with Crippen molar-refractivity contribution >= 4 is 5.91 Å². The van der Waals surface area contributed by atoms with Gasteiger partial charge in [-0.25, -0.2) is 0 Å². The average molecular weight is 190 g/mol. The van der Waals surface area contributed by atoms with Gasteiger partial charge in [0.05, 0.1) is 0 Å². The van der Waals surface area contributed by atoms with Crippen LogP contribution in [0, 0.1) is 11.8 Å². The van der Waals surface area contributed by atoms with Gasteiger partial charge in [-0.1, -0.05) is 0 Å². The minimum Gasteiger partial charge on any atom is -0.337 e. The maximum absolute atomic E-state index is 12.0. The van der Waals surface area contributed by atoms with Gasteiger partial charge in [0.15, 0.2) is 0 Å². The highest BCUT2D eigenvalue weighted by Crippen LogP contribution is 2.26. The Bertz CT molecular complexity index is 210. The van der Waals surface area contributed by atoms with Gasteiger partial charge in [-0.2, -0.15) is 8.78 Å². The molecule has 13 heavy (non-hydrogen) atoms. The molecule has 2 heterocycles. The van der Waals surface area contributed by atoms with E-state index in [2.05, 4.69) is 5.32 Å². The Kier molecular flexibility index (Phi) is 2.19. The topological polar surface area (TPSA) is 32.3 Å². The van der Waals surface area contributed by atoms with Gasteiger partial charge in [-0.15, -0.1) is 0 Å². The number of amides is 1. The molecule has 2 aliphatic rings. The summed E-state index contributed by atoms with van der Waals surface area (Å²) in [7, 11) is 0. The van der Waals surface area contributed by atoms with Crippen molar-refractivity contribution in [1.29, 1.82) is 0 Å². The highest BCUT2D eigenvalue weighted by Gasteiger charge is 2.39. The minimum atomic E-state index is -2.84. The lowest BCUT2D eigenvalue weighted by atomic mass is 10.0. The Balaban J connectivity index is 1.95. The summed E-state index contributed by atoms with van der Waals surface area (Å²) in [5.41, 5.74) is 0. The molecule has 5 heteroatoms. The van der Waals surface area contributed by atoms with Crippen molar-refractivity contribution < 1.29 is 13.6 Å². The normalized spacial score (nSPS) is 32.7. The number of nitrogens with zero attached hydrogens (tertiary/aromatic N) is 1. The maximum Gasteiger partial charge on any atom is 0.315 e. The number of likely N-dealkylation sites (tertiary alicyclic amines) is 1. The van der Waals surface area contributed by atoms with Gasteiger partial charge in [0.2, 0.25) is 0 Å². The van der Waals surface area contributed by atoms with Gasteiger partial charge < -0.3 is 10.2 Å². The van der Waals surface area contributed by atoms with Crippen LogP contribution in [0.5, 0.6) is 0 Å². The fourth-order valence-corrected chi connectivity index (χ4v) is 2.17. The molecule has 2 atom stereocenters. The van der Waals surface area contributed by atoms with Crippen molar-refractivity contribution in [3.05, 3.63) is 0 Å². The number of alkyl halides is 2. The van der Waals surface area contributed by atoms with Crippen LogP contribution in [0.1, 0.15) is 0 Å². The third-order valence-corrected chi connectivity index (χ3v) is 2.89. The fraction of sp³-hybridized carbons (Fsp3) is 0.875. The Hall–Kier alpha value is -0.710. The Morgan fingerprint density at radius 1 is 1.31 bits per heavy atom. The third kappa shape index (κ3) is 1.52. The predicted octanol–water partition coefficient (Wildman–Crippen LogP) is -0.0707. The summed E-state index contributed by atoms with van der Waals surface area (Å²) in [6, 6.07) is 0. The van der Waals surface area contributed by atoms with Crippen LogP contribution in [-0.4, -0.2) is 43.4 Å². The van der Waals surface area contributed by atoms with E-state index in [1.807, 2.05) is 0 Å². The molecule has 0 saturated carbocycles. The number of carbonyl (C=O) groups is 1. The molecule has 0 bridgehead atoms. The average Bonchev–Trinajstić information content (AvgIpc) is 2.59. The number of hydrogen-bond donors (Lipinski definition) is 1. The van der Waals surface area contributed by atoms with Crippen molar-refractivity contribution in [2.24, 2.45) is 11.8 Å². The number of fused-ring (bicyclic) bond motifs is 1. The first-order valence-electron chi connectivity index (χ1n) is 4.46. The molecule has 0 unspecified atom stereocenters. The molecule has 2 saturated heterocycles. The van der Waals surface area contributed by atoms with E-state index in [1.165, 1.54) is 4.90 Å². The molecule has 2 fully saturated rings. The van der Waals surface area contributed by atoms with Gasteiger partial charge in [0.25, 0.3) is 5.91 Å². The molecule has 0 aromatic carbocycles. The van der Waals surface area contributed by atoms with Crippen LogP contribution >= 0.6 is 0 Å². The molecule has 74 valence electrons. The summed E-state index contributed by atoms with van der Waals surface area (Å²) in [6.07, 6.45) is -2.84.